The Bertz CT molecular complexity index is 1170. The summed E-state index contributed by atoms with van der Waals surface area (Å²) in [6.07, 6.45) is 7.81. The monoisotopic (exact) mass is 474 g/mol. The zero-order valence-corrected chi connectivity index (χ0v) is 20.7. The van der Waals surface area contributed by atoms with Crippen molar-refractivity contribution in [2.45, 2.75) is 39.2 Å². The summed E-state index contributed by atoms with van der Waals surface area (Å²) in [5, 5.41) is 22.8. The summed E-state index contributed by atoms with van der Waals surface area (Å²) in [5.41, 5.74) is 4.24. The van der Waals surface area contributed by atoms with Crippen molar-refractivity contribution < 1.29 is 4.74 Å². The molecule has 0 aliphatic carbocycles. The molecule has 1 aliphatic heterocycles. The van der Waals surface area contributed by atoms with Crippen LogP contribution in [0.2, 0.25) is 0 Å². The second kappa shape index (κ2) is 11.8. The number of hydrogen-bond donors (Lipinski definition) is 3. The zero-order chi connectivity index (χ0) is 24.6. The average molecular weight is 475 g/mol. The number of rotatable bonds is 10. The van der Waals surface area contributed by atoms with Crippen LogP contribution in [0, 0.1) is 5.41 Å². The van der Waals surface area contributed by atoms with E-state index in [-0.39, 0.29) is 0 Å². The number of fused-ring (bicyclic) bond motifs is 1. The van der Waals surface area contributed by atoms with E-state index in [4.69, 9.17) is 15.1 Å². The molecule has 0 aromatic carbocycles. The first kappa shape index (κ1) is 24.7. The molecule has 4 rings (SSSR count). The highest BCUT2D eigenvalue weighted by atomic mass is 16.5. The minimum atomic E-state index is 0.366. The average Bonchev–Trinajstić information content (AvgIpc) is 2.89. The summed E-state index contributed by atoms with van der Waals surface area (Å²) in [6.45, 7) is 10.9. The minimum absolute atomic E-state index is 0.366. The Morgan fingerprint density at radius 1 is 1.11 bits per heavy atom. The number of nitrogens with one attached hydrogen (secondary N) is 3. The first-order valence-electron chi connectivity index (χ1n) is 12.2. The van der Waals surface area contributed by atoms with Crippen LogP contribution in [0.4, 0.5) is 11.6 Å². The molecular weight excluding hydrogens is 440 g/mol. The minimum Gasteiger partial charge on any atom is -0.390 e. The summed E-state index contributed by atoms with van der Waals surface area (Å²) in [4.78, 5) is 11.7. The van der Waals surface area contributed by atoms with Gasteiger partial charge in [-0.15, -0.1) is 5.10 Å². The van der Waals surface area contributed by atoms with Gasteiger partial charge in [0.05, 0.1) is 30.4 Å². The Morgan fingerprint density at radius 3 is 2.71 bits per heavy atom. The Morgan fingerprint density at radius 2 is 1.94 bits per heavy atom. The van der Waals surface area contributed by atoms with E-state index in [0.717, 1.165) is 67.0 Å². The maximum Gasteiger partial charge on any atom is 0.154 e. The van der Waals surface area contributed by atoms with Crippen LogP contribution in [0.1, 0.15) is 44.2 Å². The van der Waals surface area contributed by atoms with Crippen LogP contribution in [0.15, 0.2) is 42.9 Å². The van der Waals surface area contributed by atoms with Gasteiger partial charge in [-0.2, -0.15) is 5.10 Å². The molecule has 1 unspecified atom stereocenters. The molecule has 35 heavy (non-hydrogen) atoms. The van der Waals surface area contributed by atoms with E-state index in [1.165, 1.54) is 6.21 Å². The predicted molar refractivity (Wildman–Crippen MR) is 140 cm³/mol. The molecule has 1 saturated heterocycles. The summed E-state index contributed by atoms with van der Waals surface area (Å²) in [5.74, 6) is 1.69. The van der Waals surface area contributed by atoms with Gasteiger partial charge in [-0.1, -0.05) is 13.8 Å². The Labute approximate surface area is 206 Å². The number of hydrogen-bond acceptors (Lipinski definition) is 9. The van der Waals surface area contributed by atoms with E-state index in [1.54, 1.807) is 12.4 Å². The Kier molecular flexibility index (Phi) is 8.33. The molecule has 3 N–H and O–H groups in total. The van der Waals surface area contributed by atoms with Gasteiger partial charge in [0.1, 0.15) is 5.82 Å². The van der Waals surface area contributed by atoms with E-state index in [1.807, 2.05) is 30.5 Å². The van der Waals surface area contributed by atoms with E-state index in [0.29, 0.717) is 23.6 Å². The van der Waals surface area contributed by atoms with Gasteiger partial charge in [-0.25, -0.2) is 4.98 Å². The maximum atomic E-state index is 7.90. The number of aromatic nitrogens is 4. The summed E-state index contributed by atoms with van der Waals surface area (Å²) in [7, 11) is 0. The lowest BCUT2D eigenvalue weighted by Crippen LogP contribution is -2.42. The molecule has 0 bridgehead atoms. The van der Waals surface area contributed by atoms with Crippen molar-refractivity contribution in [3.63, 3.8) is 0 Å². The molecule has 3 aromatic rings. The third kappa shape index (κ3) is 6.58. The normalized spacial score (nSPS) is 15.8. The van der Waals surface area contributed by atoms with Crippen molar-refractivity contribution in [1.82, 2.24) is 30.4 Å². The molecule has 0 amide bonds. The molecule has 3 aromatic heterocycles. The third-order valence-electron chi connectivity index (χ3n) is 6.26. The smallest absolute Gasteiger partial charge is 0.154 e. The van der Waals surface area contributed by atoms with Crippen LogP contribution < -0.4 is 10.6 Å². The van der Waals surface area contributed by atoms with E-state index >= 15 is 0 Å². The lowest BCUT2D eigenvalue weighted by molar-refractivity contribution is 0.0189. The first-order valence-corrected chi connectivity index (χ1v) is 12.2. The highest BCUT2D eigenvalue weighted by Crippen LogP contribution is 2.21. The van der Waals surface area contributed by atoms with Crippen molar-refractivity contribution in [3.05, 3.63) is 54.0 Å². The molecule has 0 saturated carbocycles. The number of allylic oxidation sites excluding steroid dienone is 1. The van der Waals surface area contributed by atoms with Crippen LogP contribution in [0.3, 0.4) is 0 Å². The molecule has 9 nitrogen and oxygen atoms in total. The fraction of sp³-hybridized carbons (Fsp3) is 0.423. The van der Waals surface area contributed by atoms with Crippen LogP contribution in [0.25, 0.3) is 16.6 Å². The highest BCUT2D eigenvalue weighted by molar-refractivity contribution is 6.08. The fourth-order valence-corrected chi connectivity index (χ4v) is 4.01. The molecule has 1 fully saturated rings. The lowest BCUT2D eigenvalue weighted by Gasteiger charge is -2.32. The van der Waals surface area contributed by atoms with Crippen molar-refractivity contribution in [3.8, 4) is 0 Å². The molecule has 0 spiro atoms. The van der Waals surface area contributed by atoms with Crippen LogP contribution in [0.5, 0.6) is 0 Å². The summed E-state index contributed by atoms with van der Waals surface area (Å²) in [6, 6.07) is 8.24. The standard InChI is InChI=1S/C26H34N8O/c1-18(2)20-13-26(33-30-17-20)32-25-5-4-23-24(31-25)12-21(16-29-23)22(14-27)15-28-7-6-19(3)34-8-10-35-11-9-34/h4-5,12-19,27-28H,6-11H2,1-3H3,(H,31,32,33)/b22-15+,27-14?. The first-order chi connectivity index (χ1) is 17.0. The maximum absolute atomic E-state index is 7.90. The van der Waals surface area contributed by atoms with Gasteiger partial charge in [-0.3, -0.25) is 9.88 Å². The van der Waals surface area contributed by atoms with Crippen molar-refractivity contribution in [1.29, 1.82) is 5.41 Å². The van der Waals surface area contributed by atoms with Crippen LogP contribution in [-0.2, 0) is 4.74 Å². The second-order valence-corrected chi connectivity index (χ2v) is 9.10. The molecule has 1 atom stereocenters. The van der Waals surface area contributed by atoms with Gasteiger partial charge in [0.15, 0.2) is 5.82 Å². The topological polar surface area (TPSA) is 112 Å². The van der Waals surface area contributed by atoms with Crippen LogP contribution in [-0.4, -0.2) is 70.2 Å². The molecule has 1 aliphatic rings. The van der Waals surface area contributed by atoms with E-state index in [2.05, 4.69) is 51.5 Å². The Hall–Kier alpha value is -3.43. The number of pyridine rings is 2. The van der Waals surface area contributed by atoms with Gasteiger partial charge >= 0.3 is 0 Å². The van der Waals surface area contributed by atoms with Gasteiger partial charge < -0.3 is 20.8 Å². The fourth-order valence-electron chi connectivity index (χ4n) is 4.01. The lowest BCUT2D eigenvalue weighted by atomic mass is 10.1. The molecule has 0 radical (unpaired) electrons. The van der Waals surface area contributed by atoms with E-state index < -0.39 is 0 Å². The number of nitrogens with zero attached hydrogens (tertiary/aromatic N) is 5. The van der Waals surface area contributed by atoms with Gasteiger partial charge in [-0.05, 0) is 49.1 Å². The van der Waals surface area contributed by atoms with Gasteiger partial charge in [0.25, 0.3) is 0 Å². The third-order valence-corrected chi connectivity index (χ3v) is 6.26. The summed E-state index contributed by atoms with van der Waals surface area (Å²) < 4.78 is 5.44. The van der Waals surface area contributed by atoms with Crippen molar-refractivity contribution in [2.75, 3.05) is 38.2 Å². The van der Waals surface area contributed by atoms with Crippen molar-refractivity contribution >= 4 is 34.5 Å². The number of morpholine rings is 1. The number of ether oxygens (including phenoxy) is 1. The van der Waals surface area contributed by atoms with Gasteiger partial charge in [0.2, 0.25) is 0 Å². The van der Waals surface area contributed by atoms with E-state index in [9.17, 15) is 0 Å². The molecule has 9 heteroatoms. The highest BCUT2D eigenvalue weighted by Gasteiger charge is 2.16. The van der Waals surface area contributed by atoms with Crippen LogP contribution >= 0.6 is 0 Å². The van der Waals surface area contributed by atoms with Crippen molar-refractivity contribution in [2.24, 2.45) is 0 Å². The Balaban J connectivity index is 1.43. The summed E-state index contributed by atoms with van der Waals surface area (Å²) >= 11 is 0. The largest absolute Gasteiger partial charge is 0.390 e. The quantitative estimate of drug-likeness (QED) is 0.299. The molecule has 184 valence electrons. The second-order valence-electron chi connectivity index (χ2n) is 9.10. The SMILES string of the molecule is CC(C)c1cnnc(Nc2ccc3ncc(/C(C=N)=C/NCCC(C)N4CCOCC4)cc3n2)c1. The molecule has 4 heterocycles. The van der Waals surface area contributed by atoms with Gasteiger partial charge in [0, 0.05) is 55.4 Å². The predicted octanol–water partition coefficient (Wildman–Crippen LogP) is 3.98. The molecular formula is C26H34N8O. The number of anilines is 2. The zero-order valence-electron chi connectivity index (χ0n) is 20.7.